The third kappa shape index (κ3) is 3.44. The van der Waals surface area contributed by atoms with E-state index in [-0.39, 0.29) is 0 Å². The van der Waals surface area contributed by atoms with E-state index in [1.165, 1.54) is 19.8 Å². The summed E-state index contributed by atoms with van der Waals surface area (Å²) < 4.78 is 1.22. The number of benzene rings is 1. The molecule has 96 valence electrons. The van der Waals surface area contributed by atoms with Gasteiger partial charge in [-0.3, -0.25) is 0 Å². The lowest BCUT2D eigenvalue weighted by Crippen LogP contribution is -2.22. The van der Waals surface area contributed by atoms with E-state index in [1.54, 1.807) is 0 Å². The first-order valence-corrected chi connectivity index (χ1v) is 7.84. The molecule has 1 aromatic heterocycles. The molecule has 0 aliphatic carbocycles. The van der Waals surface area contributed by atoms with Gasteiger partial charge in [0.25, 0.3) is 0 Å². The van der Waals surface area contributed by atoms with Crippen molar-refractivity contribution in [1.29, 1.82) is 0 Å². The monoisotopic (exact) mass is 323 g/mol. The van der Waals surface area contributed by atoms with Crippen LogP contribution in [0.5, 0.6) is 0 Å². The molecule has 1 aromatic carbocycles. The van der Waals surface area contributed by atoms with Crippen LogP contribution in [0.15, 0.2) is 40.9 Å². The van der Waals surface area contributed by atoms with Crippen molar-refractivity contribution in [3.8, 4) is 0 Å². The van der Waals surface area contributed by atoms with Gasteiger partial charge in [0.2, 0.25) is 0 Å². The van der Waals surface area contributed by atoms with Crippen LogP contribution < -0.4 is 5.32 Å². The average molecular weight is 324 g/mol. The molecule has 2 rings (SSSR count). The van der Waals surface area contributed by atoms with Crippen molar-refractivity contribution in [3.63, 3.8) is 0 Å². The zero-order valence-corrected chi connectivity index (χ0v) is 13.1. The predicted molar refractivity (Wildman–Crippen MR) is 83.3 cm³/mol. The number of rotatable bonds is 5. The smallest absolute Gasteiger partial charge is 0.0456 e. The van der Waals surface area contributed by atoms with Crippen molar-refractivity contribution in [1.82, 2.24) is 5.32 Å². The normalized spacial score (nSPS) is 12.6. The summed E-state index contributed by atoms with van der Waals surface area (Å²) in [6, 6.07) is 13.3. The maximum atomic E-state index is 3.60. The van der Waals surface area contributed by atoms with Crippen LogP contribution in [0.25, 0.3) is 0 Å². The fourth-order valence-corrected chi connectivity index (χ4v) is 3.66. The summed E-state index contributed by atoms with van der Waals surface area (Å²) in [7, 11) is 0. The molecule has 0 bridgehead atoms. The first-order valence-electron chi connectivity index (χ1n) is 6.24. The standard InChI is InChI=1S/C15H18BrNS/c1-3-17-14(9-12-7-5-4-6-8-12)15-10-13(16)11(2)18-15/h4-8,10,14,17H,3,9H2,1-2H3. The van der Waals surface area contributed by atoms with Gasteiger partial charge in [0.15, 0.2) is 0 Å². The Bertz CT molecular complexity index is 473. The summed E-state index contributed by atoms with van der Waals surface area (Å²) in [5.74, 6) is 0. The summed E-state index contributed by atoms with van der Waals surface area (Å²) in [6.45, 7) is 5.31. The summed E-state index contributed by atoms with van der Waals surface area (Å²) >= 11 is 5.48. The zero-order chi connectivity index (χ0) is 13.0. The van der Waals surface area contributed by atoms with Gasteiger partial charge in [0.05, 0.1) is 0 Å². The third-order valence-corrected chi connectivity index (χ3v) is 5.20. The average Bonchev–Trinajstić information content (AvgIpc) is 2.70. The Morgan fingerprint density at radius 3 is 2.56 bits per heavy atom. The highest BCUT2D eigenvalue weighted by Crippen LogP contribution is 2.32. The first-order chi connectivity index (χ1) is 8.70. The number of likely N-dealkylation sites (N-methyl/N-ethyl adjacent to an activating group) is 1. The Morgan fingerprint density at radius 1 is 1.28 bits per heavy atom. The lowest BCUT2D eigenvalue weighted by molar-refractivity contribution is 0.558. The van der Waals surface area contributed by atoms with Crippen LogP contribution in [0.2, 0.25) is 0 Å². The molecule has 1 heterocycles. The van der Waals surface area contributed by atoms with Gasteiger partial charge in [-0.25, -0.2) is 0 Å². The van der Waals surface area contributed by atoms with E-state index in [0.29, 0.717) is 6.04 Å². The molecule has 0 saturated heterocycles. The maximum Gasteiger partial charge on any atom is 0.0456 e. The molecule has 0 aliphatic heterocycles. The second kappa shape index (κ2) is 6.50. The van der Waals surface area contributed by atoms with Crippen molar-refractivity contribution in [2.45, 2.75) is 26.3 Å². The molecule has 0 saturated carbocycles. The lowest BCUT2D eigenvalue weighted by Gasteiger charge is -2.16. The molecule has 2 aromatic rings. The minimum absolute atomic E-state index is 0.410. The molecule has 0 radical (unpaired) electrons. The molecular formula is C15H18BrNS. The number of nitrogens with one attached hydrogen (secondary N) is 1. The van der Waals surface area contributed by atoms with Crippen LogP contribution in [-0.2, 0) is 6.42 Å². The van der Waals surface area contributed by atoms with Crippen molar-refractivity contribution < 1.29 is 0 Å². The van der Waals surface area contributed by atoms with E-state index in [2.05, 4.69) is 71.5 Å². The molecule has 1 atom stereocenters. The molecule has 0 spiro atoms. The number of hydrogen-bond donors (Lipinski definition) is 1. The Kier molecular flexibility index (Phi) is 4.98. The molecule has 3 heteroatoms. The SMILES string of the molecule is CCNC(Cc1ccccc1)c1cc(Br)c(C)s1. The van der Waals surface area contributed by atoms with Gasteiger partial charge in [-0.1, -0.05) is 37.3 Å². The van der Waals surface area contributed by atoms with Gasteiger partial charge in [-0.05, 0) is 47.4 Å². The van der Waals surface area contributed by atoms with E-state index in [4.69, 9.17) is 0 Å². The minimum Gasteiger partial charge on any atom is -0.309 e. The number of halogens is 1. The molecular weight excluding hydrogens is 306 g/mol. The Labute approximate surface area is 121 Å². The summed E-state index contributed by atoms with van der Waals surface area (Å²) in [5.41, 5.74) is 1.38. The Hall–Kier alpha value is -0.640. The minimum atomic E-state index is 0.410. The quantitative estimate of drug-likeness (QED) is 0.840. The van der Waals surface area contributed by atoms with Crippen LogP contribution in [-0.4, -0.2) is 6.54 Å². The molecule has 1 nitrogen and oxygen atoms in total. The van der Waals surface area contributed by atoms with E-state index in [1.807, 2.05) is 11.3 Å². The summed E-state index contributed by atoms with van der Waals surface area (Å²) in [4.78, 5) is 2.76. The first kappa shape index (κ1) is 13.8. The second-order valence-electron chi connectivity index (χ2n) is 4.35. The largest absolute Gasteiger partial charge is 0.309 e. The summed E-state index contributed by atoms with van der Waals surface area (Å²) in [6.07, 6.45) is 1.04. The fraction of sp³-hybridized carbons (Fsp3) is 0.333. The lowest BCUT2D eigenvalue weighted by atomic mass is 10.0. The molecule has 1 unspecified atom stereocenters. The van der Waals surface area contributed by atoms with Gasteiger partial charge in [-0.2, -0.15) is 0 Å². The Balaban J connectivity index is 2.18. The van der Waals surface area contributed by atoms with Gasteiger partial charge in [-0.15, -0.1) is 11.3 Å². The topological polar surface area (TPSA) is 12.0 Å². The molecule has 18 heavy (non-hydrogen) atoms. The van der Waals surface area contributed by atoms with Crippen LogP contribution in [0, 0.1) is 6.92 Å². The van der Waals surface area contributed by atoms with Gasteiger partial charge >= 0.3 is 0 Å². The number of aryl methyl sites for hydroxylation is 1. The highest BCUT2D eigenvalue weighted by atomic mass is 79.9. The highest BCUT2D eigenvalue weighted by molar-refractivity contribution is 9.10. The van der Waals surface area contributed by atoms with Crippen molar-refractivity contribution in [2.75, 3.05) is 6.54 Å². The number of thiophene rings is 1. The van der Waals surface area contributed by atoms with Crippen LogP contribution in [0.1, 0.15) is 28.3 Å². The van der Waals surface area contributed by atoms with Crippen LogP contribution in [0.3, 0.4) is 0 Å². The van der Waals surface area contributed by atoms with Crippen LogP contribution >= 0.6 is 27.3 Å². The second-order valence-corrected chi connectivity index (χ2v) is 6.50. The number of hydrogen-bond acceptors (Lipinski definition) is 2. The zero-order valence-electron chi connectivity index (χ0n) is 10.7. The molecule has 0 amide bonds. The Morgan fingerprint density at radius 2 is 2.00 bits per heavy atom. The van der Waals surface area contributed by atoms with Crippen molar-refractivity contribution in [2.24, 2.45) is 0 Å². The van der Waals surface area contributed by atoms with E-state index >= 15 is 0 Å². The van der Waals surface area contributed by atoms with Gasteiger partial charge in [0, 0.05) is 20.3 Å². The van der Waals surface area contributed by atoms with Crippen LogP contribution in [0.4, 0.5) is 0 Å². The van der Waals surface area contributed by atoms with E-state index in [9.17, 15) is 0 Å². The van der Waals surface area contributed by atoms with Gasteiger partial charge in [0.1, 0.15) is 0 Å². The van der Waals surface area contributed by atoms with Gasteiger partial charge < -0.3 is 5.32 Å². The maximum absolute atomic E-state index is 3.60. The predicted octanol–water partition coefficient (Wildman–Crippen LogP) is 4.71. The molecule has 0 aliphatic rings. The van der Waals surface area contributed by atoms with E-state index in [0.717, 1.165) is 13.0 Å². The molecule has 0 fully saturated rings. The van der Waals surface area contributed by atoms with Crippen molar-refractivity contribution in [3.05, 3.63) is 56.2 Å². The third-order valence-electron chi connectivity index (χ3n) is 2.95. The highest BCUT2D eigenvalue weighted by Gasteiger charge is 2.14. The molecule has 1 N–H and O–H groups in total. The van der Waals surface area contributed by atoms with E-state index < -0.39 is 0 Å². The fourth-order valence-electron chi connectivity index (χ4n) is 2.02. The van der Waals surface area contributed by atoms with Crippen molar-refractivity contribution >= 4 is 27.3 Å². The summed E-state index contributed by atoms with van der Waals surface area (Å²) in [5, 5.41) is 3.58.